The highest BCUT2D eigenvalue weighted by molar-refractivity contribution is 7.80. The van der Waals surface area contributed by atoms with Gasteiger partial charge in [0.15, 0.2) is 5.11 Å². The molecule has 0 spiro atoms. The summed E-state index contributed by atoms with van der Waals surface area (Å²) in [5.74, 6) is 1.04. The Bertz CT molecular complexity index is 1310. The van der Waals surface area contributed by atoms with Crippen molar-refractivity contribution in [2.45, 2.75) is 12.1 Å². The molecule has 3 heterocycles. The first-order valence-electron chi connectivity index (χ1n) is 10.8. The number of pyridine rings is 1. The van der Waals surface area contributed by atoms with Crippen molar-refractivity contribution in [3.05, 3.63) is 102 Å². The van der Waals surface area contributed by atoms with Crippen LogP contribution in [0.25, 0.3) is 5.69 Å². The van der Waals surface area contributed by atoms with Crippen molar-refractivity contribution < 1.29 is 13.9 Å². The fourth-order valence-corrected chi connectivity index (χ4v) is 4.71. The van der Waals surface area contributed by atoms with Gasteiger partial charge in [-0.25, -0.2) is 4.39 Å². The quantitative estimate of drug-likeness (QED) is 0.388. The van der Waals surface area contributed by atoms with Crippen LogP contribution in [0.4, 0.5) is 10.1 Å². The van der Waals surface area contributed by atoms with E-state index in [9.17, 15) is 4.39 Å². The zero-order valence-corrected chi connectivity index (χ0v) is 19.5. The summed E-state index contributed by atoms with van der Waals surface area (Å²) in [4.78, 5) is 6.65. The highest BCUT2D eigenvalue weighted by Crippen LogP contribution is 2.45. The number of aromatic nitrogens is 2. The lowest BCUT2D eigenvalue weighted by molar-refractivity contribution is 0.394. The fourth-order valence-electron chi connectivity index (χ4n) is 4.37. The molecule has 1 aliphatic rings. The molecule has 2 aromatic heterocycles. The Morgan fingerprint density at radius 2 is 1.79 bits per heavy atom. The monoisotopic (exact) mass is 474 g/mol. The average molecular weight is 475 g/mol. The van der Waals surface area contributed by atoms with E-state index in [-0.39, 0.29) is 17.9 Å². The van der Waals surface area contributed by atoms with E-state index in [4.69, 9.17) is 21.7 Å². The Labute approximate surface area is 202 Å². The lowest BCUT2D eigenvalue weighted by Gasteiger charge is -2.30. The van der Waals surface area contributed by atoms with Gasteiger partial charge < -0.3 is 24.3 Å². The molecule has 0 saturated carbocycles. The third-order valence-electron chi connectivity index (χ3n) is 5.93. The molecule has 34 heavy (non-hydrogen) atoms. The number of rotatable bonds is 6. The molecule has 0 unspecified atom stereocenters. The van der Waals surface area contributed by atoms with E-state index in [0.29, 0.717) is 16.6 Å². The van der Waals surface area contributed by atoms with Gasteiger partial charge in [0.05, 0.1) is 31.6 Å². The van der Waals surface area contributed by atoms with Crippen LogP contribution in [0.2, 0.25) is 0 Å². The number of anilines is 1. The molecule has 0 amide bonds. The minimum atomic E-state index is -0.280. The lowest BCUT2D eigenvalue weighted by atomic mass is 10.0. The summed E-state index contributed by atoms with van der Waals surface area (Å²) in [5.41, 5.74) is 3.47. The van der Waals surface area contributed by atoms with Gasteiger partial charge in [0.2, 0.25) is 0 Å². The van der Waals surface area contributed by atoms with E-state index in [0.717, 1.165) is 22.8 Å². The molecule has 1 aliphatic heterocycles. The molecule has 1 fully saturated rings. The molecule has 0 radical (unpaired) electrons. The smallest absolute Gasteiger partial charge is 0.174 e. The van der Waals surface area contributed by atoms with Crippen molar-refractivity contribution in [3.63, 3.8) is 0 Å². The van der Waals surface area contributed by atoms with Crippen LogP contribution >= 0.6 is 12.2 Å². The summed E-state index contributed by atoms with van der Waals surface area (Å²) in [6.45, 7) is 0. The maximum absolute atomic E-state index is 13.6. The van der Waals surface area contributed by atoms with E-state index < -0.39 is 0 Å². The number of nitrogens with zero attached hydrogens (tertiary/aromatic N) is 3. The minimum Gasteiger partial charge on any atom is -0.497 e. The summed E-state index contributed by atoms with van der Waals surface area (Å²) in [6.07, 6.45) is 3.73. The Morgan fingerprint density at radius 1 is 0.971 bits per heavy atom. The Hall–Kier alpha value is -3.91. The maximum atomic E-state index is 13.6. The third-order valence-corrected chi connectivity index (χ3v) is 6.25. The van der Waals surface area contributed by atoms with E-state index in [1.165, 1.54) is 12.1 Å². The van der Waals surface area contributed by atoms with Gasteiger partial charge >= 0.3 is 0 Å². The van der Waals surface area contributed by atoms with Gasteiger partial charge in [0.1, 0.15) is 23.4 Å². The molecule has 1 N–H and O–H groups in total. The fraction of sp³-hybridized carbons (Fsp3) is 0.154. The SMILES string of the molecule is COc1ccc(N2C(=S)N[C@H](c3ccccn3)[C@H]2c2cccn2-c2ccc(F)cc2)c(OC)c1. The molecule has 5 rings (SSSR count). The van der Waals surface area contributed by atoms with E-state index in [1.807, 2.05) is 64.2 Å². The summed E-state index contributed by atoms with van der Waals surface area (Å²) in [7, 11) is 3.24. The number of methoxy groups -OCH3 is 2. The van der Waals surface area contributed by atoms with E-state index >= 15 is 0 Å². The Kier molecular flexibility index (Phi) is 5.90. The molecule has 0 aliphatic carbocycles. The molecule has 172 valence electrons. The van der Waals surface area contributed by atoms with Gasteiger partial charge in [-0.2, -0.15) is 0 Å². The topological polar surface area (TPSA) is 51.5 Å². The molecular formula is C26H23FN4O2S. The predicted molar refractivity (Wildman–Crippen MR) is 133 cm³/mol. The highest BCUT2D eigenvalue weighted by atomic mass is 32.1. The first-order valence-corrected chi connectivity index (χ1v) is 11.2. The highest BCUT2D eigenvalue weighted by Gasteiger charge is 2.43. The number of thiocarbonyl (C=S) groups is 1. The molecule has 0 bridgehead atoms. The van der Waals surface area contributed by atoms with Crippen LogP contribution in [0, 0.1) is 5.82 Å². The maximum Gasteiger partial charge on any atom is 0.174 e. The van der Waals surface area contributed by atoms with E-state index in [2.05, 4.69) is 10.3 Å². The number of ether oxygens (including phenoxy) is 2. The van der Waals surface area contributed by atoms with Crippen molar-refractivity contribution in [2.75, 3.05) is 19.1 Å². The van der Waals surface area contributed by atoms with Crippen LogP contribution in [0.5, 0.6) is 11.5 Å². The van der Waals surface area contributed by atoms with Crippen LogP contribution in [0.1, 0.15) is 23.5 Å². The Morgan fingerprint density at radius 3 is 2.50 bits per heavy atom. The number of nitrogens with one attached hydrogen (secondary N) is 1. The minimum absolute atomic E-state index is 0.227. The number of halogens is 1. The number of hydrogen-bond donors (Lipinski definition) is 1. The lowest BCUT2D eigenvalue weighted by Crippen LogP contribution is -2.30. The van der Waals surface area contributed by atoms with Crippen LogP contribution in [-0.4, -0.2) is 28.9 Å². The van der Waals surface area contributed by atoms with Gasteiger partial charge in [-0.05, 0) is 72.9 Å². The van der Waals surface area contributed by atoms with Crippen molar-refractivity contribution in [1.29, 1.82) is 0 Å². The second-order valence-electron chi connectivity index (χ2n) is 7.81. The summed E-state index contributed by atoms with van der Waals surface area (Å²) in [6, 6.07) is 21.4. The van der Waals surface area contributed by atoms with Gasteiger partial charge in [0.25, 0.3) is 0 Å². The standard InChI is InChI=1S/C26H23FN4O2S/c1-32-19-12-13-21(23(16-19)33-2)31-25(24(29-26(31)34)20-6-3-4-14-28-20)22-7-5-15-30(22)18-10-8-17(27)9-11-18/h3-16,24-25H,1-2H3,(H,29,34)/t24-,25-/m1/s1. The van der Waals surface area contributed by atoms with Crippen LogP contribution < -0.4 is 19.7 Å². The van der Waals surface area contributed by atoms with Crippen LogP contribution in [0.15, 0.2) is 85.2 Å². The molecule has 8 heteroatoms. The first-order chi connectivity index (χ1) is 16.6. The van der Waals surface area contributed by atoms with Crippen molar-refractivity contribution in [1.82, 2.24) is 14.9 Å². The number of benzene rings is 2. The molecule has 6 nitrogen and oxygen atoms in total. The van der Waals surface area contributed by atoms with E-state index in [1.54, 1.807) is 32.5 Å². The van der Waals surface area contributed by atoms with Gasteiger partial charge in [-0.1, -0.05) is 6.07 Å². The van der Waals surface area contributed by atoms with Gasteiger partial charge in [-0.3, -0.25) is 4.98 Å². The zero-order chi connectivity index (χ0) is 23.7. The molecule has 2 atom stereocenters. The zero-order valence-electron chi connectivity index (χ0n) is 18.7. The molecular weight excluding hydrogens is 451 g/mol. The van der Waals surface area contributed by atoms with Crippen molar-refractivity contribution >= 4 is 23.0 Å². The van der Waals surface area contributed by atoms with Crippen LogP contribution in [-0.2, 0) is 0 Å². The summed E-state index contributed by atoms with van der Waals surface area (Å²) < 4.78 is 26.8. The largest absolute Gasteiger partial charge is 0.497 e. The second-order valence-corrected chi connectivity index (χ2v) is 8.20. The van der Waals surface area contributed by atoms with Crippen LogP contribution in [0.3, 0.4) is 0 Å². The van der Waals surface area contributed by atoms with Gasteiger partial charge in [-0.15, -0.1) is 0 Å². The molecule has 4 aromatic rings. The van der Waals surface area contributed by atoms with Crippen molar-refractivity contribution in [3.8, 4) is 17.2 Å². The predicted octanol–water partition coefficient (Wildman–Crippen LogP) is 5.21. The van der Waals surface area contributed by atoms with Crippen molar-refractivity contribution in [2.24, 2.45) is 0 Å². The summed E-state index contributed by atoms with van der Waals surface area (Å²) in [5, 5.41) is 4.01. The molecule has 2 aromatic carbocycles. The number of hydrogen-bond acceptors (Lipinski definition) is 4. The Balaban J connectivity index is 1.68. The first kappa shape index (κ1) is 21.9. The van der Waals surface area contributed by atoms with Gasteiger partial charge in [0, 0.05) is 29.8 Å². The third kappa shape index (κ3) is 3.86. The average Bonchev–Trinajstić information content (AvgIpc) is 3.49. The normalized spacial score (nSPS) is 17.5. The molecule has 1 saturated heterocycles. The second kappa shape index (κ2) is 9.15. The summed E-state index contributed by atoms with van der Waals surface area (Å²) >= 11 is 5.84.